The van der Waals surface area contributed by atoms with E-state index in [1.807, 2.05) is 0 Å². The van der Waals surface area contributed by atoms with Gasteiger partial charge in [-0.3, -0.25) is 9.59 Å². The Kier molecular flexibility index (Phi) is 34.7. The molecule has 0 aromatic carbocycles. The van der Waals surface area contributed by atoms with Crippen molar-refractivity contribution < 1.29 is 19.4 Å². The topological polar surface area (TPSA) is 63.6 Å². The Morgan fingerprint density at radius 3 is 1.40 bits per heavy atom. The number of hydrogen-bond donors (Lipinski definition) is 1. The van der Waals surface area contributed by atoms with Crippen LogP contribution in [0.3, 0.4) is 0 Å². The van der Waals surface area contributed by atoms with Crippen molar-refractivity contribution in [3.8, 4) is 0 Å². The van der Waals surface area contributed by atoms with Gasteiger partial charge in [-0.25, -0.2) is 0 Å². The number of aliphatic carboxylic acids is 1. The van der Waals surface area contributed by atoms with Crippen molar-refractivity contribution in [1.29, 1.82) is 0 Å². The van der Waals surface area contributed by atoms with Crippen molar-refractivity contribution in [2.24, 2.45) is 0 Å². The first-order chi connectivity index (χ1) is 22.1. The van der Waals surface area contributed by atoms with Crippen LogP contribution in [0.4, 0.5) is 0 Å². The minimum Gasteiger partial charge on any atom is -0.481 e. The molecule has 0 radical (unpaired) electrons. The SMILES string of the molecule is CCCCC/C=C\C/C=C\C/C=C\C/C=C\CCCCCCCC(=O)OC(CCCCCCCCCC)CCCCCC(=O)O. The third-order valence-electron chi connectivity index (χ3n) is 8.30. The second-order valence-electron chi connectivity index (χ2n) is 12.8. The highest BCUT2D eigenvalue weighted by atomic mass is 16.5. The predicted octanol–water partition coefficient (Wildman–Crippen LogP) is 13.2. The number of carbonyl (C=O) groups excluding carboxylic acids is 1. The molecular weight excluding hydrogens is 556 g/mol. The number of carbonyl (C=O) groups is 2. The zero-order valence-electron chi connectivity index (χ0n) is 29.7. The van der Waals surface area contributed by atoms with Crippen molar-refractivity contribution in [1.82, 2.24) is 0 Å². The normalized spacial score (nSPS) is 12.8. The predicted molar refractivity (Wildman–Crippen MR) is 195 cm³/mol. The monoisotopic (exact) mass is 629 g/mol. The van der Waals surface area contributed by atoms with E-state index >= 15 is 0 Å². The molecule has 1 atom stereocenters. The van der Waals surface area contributed by atoms with Gasteiger partial charge in [0.2, 0.25) is 0 Å². The second kappa shape index (κ2) is 36.4. The molecule has 0 rings (SSSR count). The molecule has 4 heteroatoms. The van der Waals surface area contributed by atoms with E-state index in [9.17, 15) is 9.59 Å². The average Bonchev–Trinajstić information content (AvgIpc) is 3.02. The van der Waals surface area contributed by atoms with Crippen molar-refractivity contribution in [2.75, 3.05) is 0 Å². The molecule has 0 fully saturated rings. The molecule has 1 N–H and O–H groups in total. The summed E-state index contributed by atoms with van der Waals surface area (Å²) in [6.07, 6.45) is 48.4. The van der Waals surface area contributed by atoms with Gasteiger partial charge in [0.1, 0.15) is 6.10 Å². The highest BCUT2D eigenvalue weighted by molar-refractivity contribution is 5.69. The zero-order valence-corrected chi connectivity index (χ0v) is 29.7. The number of unbranched alkanes of at least 4 members (excludes halogenated alkanes) is 17. The average molecular weight is 629 g/mol. The lowest BCUT2D eigenvalue weighted by Crippen LogP contribution is -2.18. The molecule has 260 valence electrons. The summed E-state index contributed by atoms with van der Waals surface area (Å²) in [7, 11) is 0. The van der Waals surface area contributed by atoms with E-state index in [0.29, 0.717) is 12.8 Å². The summed E-state index contributed by atoms with van der Waals surface area (Å²) in [6.45, 7) is 4.50. The van der Waals surface area contributed by atoms with Crippen LogP contribution >= 0.6 is 0 Å². The van der Waals surface area contributed by atoms with Crippen LogP contribution in [0.5, 0.6) is 0 Å². The lowest BCUT2D eigenvalue weighted by atomic mass is 10.0. The number of hydrogen-bond acceptors (Lipinski definition) is 3. The van der Waals surface area contributed by atoms with Crippen LogP contribution in [0, 0.1) is 0 Å². The zero-order chi connectivity index (χ0) is 32.9. The number of carboxylic acids is 1. The maximum Gasteiger partial charge on any atom is 0.306 e. The Labute approximate surface area is 279 Å². The van der Waals surface area contributed by atoms with Crippen LogP contribution in [0.2, 0.25) is 0 Å². The molecule has 0 aliphatic heterocycles. The molecular formula is C41H72O4. The Hall–Kier alpha value is -2.10. The molecule has 0 aliphatic rings. The van der Waals surface area contributed by atoms with Crippen molar-refractivity contribution in [2.45, 2.75) is 200 Å². The Morgan fingerprint density at radius 2 is 0.867 bits per heavy atom. The van der Waals surface area contributed by atoms with Crippen LogP contribution in [0.1, 0.15) is 194 Å². The largest absolute Gasteiger partial charge is 0.481 e. The van der Waals surface area contributed by atoms with Crippen molar-refractivity contribution >= 4 is 11.9 Å². The number of rotatable bonds is 34. The van der Waals surface area contributed by atoms with Gasteiger partial charge in [0.25, 0.3) is 0 Å². The first-order valence-corrected chi connectivity index (χ1v) is 19.1. The van der Waals surface area contributed by atoms with Gasteiger partial charge in [0.15, 0.2) is 0 Å². The lowest BCUT2D eigenvalue weighted by molar-refractivity contribution is -0.150. The molecule has 0 bridgehead atoms. The third-order valence-corrected chi connectivity index (χ3v) is 8.30. The van der Waals surface area contributed by atoms with E-state index in [2.05, 4.69) is 62.5 Å². The molecule has 0 aliphatic carbocycles. The van der Waals surface area contributed by atoms with Gasteiger partial charge >= 0.3 is 11.9 Å². The number of carboxylic acid groups (broad SMARTS) is 1. The molecule has 4 nitrogen and oxygen atoms in total. The standard InChI is InChI=1S/C41H72O4/c1-3-5-7-9-11-13-14-15-16-17-18-19-20-21-22-23-24-25-27-29-34-38-41(44)45-39(36-32-30-33-37-40(42)43)35-31-28-26-12-10-8-6-4-2/h11,13,15-16,18-19,21-22,39H,3-10,12,14,17,20,23-38H2,1-2H3,(H,42,43)/b13-11-,16-15-,19-18-,22-21-. The fourth-order valence-corrected chi connectivity index (χ4v) is 5.46. The Morgan fingerprint density at radius 1 is 0.489 bits per heavy atom. The first-order valence-electron chi connectivity index (χ1n) is 19.1. The maximum absolute atomic E-state index is 12.5. The molecule has 0 heterocycles. The summed E-state index contributed by atoms with van der Waals surface area (Å²) in [6, 6.07) is 0. The van der Waals surface area contributed by atoms with E-state index in [1.54, 1.807) is 0 Å². The fourth-order valence-electron chi connectivity index (χ4n) is 5.46. The van der Waals surface area contributed by atoms with Crippen molar-refractivity contribution in [3.63, 3.8) is 0 Å². The number of esters is 1. The summed E-state index contributed by atoms with van der Waals surface area (Å²) < 4.78 is 5.91. The van der Waals surface area contributed by atoms with Gasteiger partial charge < -0.3 is 9.84 Å². The fraction of sp³-hybridized carbons (Fsp3) is 0.756. The highest BCUT2D eigenvalue weighted by Gasteiger charge is 2.14. The molecule has 1 unspecified atom stereocenters. The summed E-state index contributed by atoms with van der Waals surface area (Å²) in [5.74, 6) is -0.779. The summed E-state index contributed by atoms with van der Waals surface area (Å²) in [5.41, 5.74) is 0. The molecule has 0 amide bonds. The summed E-state index contributed by atoms with van der Waals surface area (Å²) in [4.78, 5) is 23.3. The molecule has 0 saturated carbocycles. The van der Waals surface area contributed by atoms with Crippen LogP contribution in [0.15, 0.2) is 48.6 Å². The Bertz CT molecular complexity index is 763. The van der Waals surface area contributed by atoms with Gasteiger partial charge in [-0.05, 0) is 83.5 Å². The van der Waals surface area contributed by atoms with Crippen LogP contribution in [0.25, 0.3) is 0 Å². The van der Waals surface area contributed by atoms with E-state index in [4.69, 9.17) is 9.84 Å². The molecule has 0 spiro atoms. The van der Waals surface area contributed by atoms with Gasteiger partial charge in [-0.2, -0.15) is 0 Å². The minimum atomic E-state index is -0.729. The van der Waals surface area contributed by atoms with Gasteiger partial charge in [-0.15, -0.1) is 0 Å². The van der Waals surface area contributed by atoms with Crippen molar-refractivity contribution in [3.05, 3.63) is 48.6 Å². The van der Waals surface area contributed by atoms with Gasteiger partial charge in [-0.1, -0.05) is 146 Å². The number of ether oxygens (including phenoxy) is 1. The van der Waals surface area contributed by atoms with Gasteiger partial charge in [0.05, 0.1) is 0 Å². The smallest absolute Gasteiger partial charge is 0.306 e. The molecule has 45 heavy (non-hydrogen) atoms. The van der Waals surface area contributed by atoms with Gasteiger partial charge in [0, 0.05) is 12.8 Å². The van der Waals surface area contributed by atoms with Crippen LogP contribution < -0.4 is 0 Å². The third kappa shape index (κ3) is 36.2. The molecule has 0 aromatic rings. The minimum absolute atomic E-state index is 0.00662. The highest BCUT2D eigenvalue weighted by Crippen LogP contribution is 2.18. The molecule has 0 aromatic heterocycles. The first kappa shape index (κ1) is 42.9. The quantitative estimate of drug-likeness (QED) is 0.0437. The summed E-state index contributed by atoms with van der Waals surface area (Å²) in [5, 5.41) is 8.86. The number of allylic oxidation sites excluding steroid dienone is 8. The van der Waals surface area contributed by atoms with E-state index in [0.717, 1.165) is 70.6 Å². The van der Waals surface area contributed by atoms with E-state index in [-0.39, 0.29) is 18.5 Å². The Balaban J connectivity index is 3.91. The lowest BCUT2D eigenvalue weighted by Gasteiger charge is -2.18. The summed E-state index contributed by atoms with van der Waals surface area (Å²) >= 11 is 0. The van der Waals surface area contributed by atoms with E-state index in [1.165, 1.54) is 89.9 Å². The van der Waals surface area contributed by atoms with Crippen LogP contribution in [-0.2, 0) is 14.3 Å². The van der Waals surface area contributed by atoms with E-state index < -0.39 is 5.97 Å². The second-order valence-corrected chi connectivity index (χ2v) is 12.8. The van der Waals surface area contributed by atoms with Crippen LogP contribution in [-0.4, -0.2) is 23.1 Å². The maximum atomic E-state index is 12.5. The molecule has 0 saturated heterocycles.